The molecular weight excluding hydrogens is 138 g/mol. The van der Waals surface area contributed by atoms with Crippen LogP contribution in [0.5, 0.6) is 0 Å². The van der Waals surface area contributed by atoms with Crippen molar-refractivity contribution >= 4 is 5.96 Å². The number of rotatable bonds is 1. The first-order chi connectivity index (χ1) is 5.20. The number of aliphatic imine (C=N–C) groups is 1. The molecular formula is C8H15N3. The van der Waals surface area contributed by atoms with Crippen LogP contribution in [0, 0.1) is 0 Å². The minimum absolute atomic E-state index is 0.353. The van der Waals surface area contributed by atoms with E-state index in [2.05, 4.69) is 35.1 Å². The molecule has 0 radical (unpaired) electrons. The third kappa shape index (κ3) is 2.26. The summed E-state index contributed by atoms with van der Waals surface area (Å²) in [5, 5.41) is 3.10. The van der Waals surface area contributed by atoms with Gasteiger partial charge in [-0.05, 0) is 19.9 Å². The lowest BCUT2D eigenvalue weighted by atomic mass is 10.4. The van der Waals surface area contributed by atoms with Gasteiger partial charge in [-0.2, -0.15) is 0 Å². The second kappa shape index (κ2) is 3.42. The summed E-state index contributed by atoms with van der Waals surface area (Å²) >= 11 is 0. The van der Waals surface area contributed by atoms with Gasteiger partial charge in [-0.1, -0.05) is 0 Å². The number of nitrogens with zero attached hydrogens (tertiary/aromatic N) is 2. The van der Waals surface area contributed by atoms with Crippen LogP contribution in [-0.4, -0.2) is 30.5 Å². The van der Waals surface area contributed by atoms with E-state index in [4.69, 9.17) is 0 Å². The molecule has 0 saturated carbocycles. The third-order valence-electron chi connectivity index (χ3n) is 1.45. The summed E-state index contributed by atoms with van der Waals surface area (Å²) in [6.07, 6.45) is 4.00. The van der Waals surface area contributed by atoms with Gasteiger partial charge in [0.05, 0.1) is 0 Å². The normalized spacial score (nSPS) is 21.1. The number of nitrogens with one attached hydrogen (secondary N) is 1. The number of guanidine groups is 1. The zero-order chi connectivity index (χ0) is 8.27. The summed E-state index contributed by atoms with van der Waals surface area (Å²) in [7, 11) is 2.03. The zero-order valence-electron chi connectivity index (χ0n) is 7.33. The molecule has 1 rings (SSSR count). The molecule has 0 atom stereocenters. The Morgan fingerprint density at radius 1 is 1.64 bits per heavy atom. The second-order valence-corrected chi connectivity index (χ2v) is 2.97. The van der Waals surface area contributed by atoms with Gasteiger partial charge in [-0.25, -0.2) is 0 Å². The van der Waals surface area contributed by atoms with Crippen molar-refractivity contribution in [1.82, 2.24) is 10.2 Å². The van der Waals surface area contributed by atoms with E-state index in [0.717, 1.165) is 12.5 Å². The largest absolute Gasteiger partial charge is 0.342 e. The summed E-state index contributed by atoms with van der Waals surface area (Å²) in [6, 6.07) is 0.353. The van der Waals surface area contributed by atoms with Gasteiger partial charge in [0.15, 0.2) is 5.96 Å². The van der Waals surface area contributed by atoms with Gasteiger partial charge >= 0.3 is 0 Å². The Morgan fingerprint density at radius 2 is 2.36 bits per heavy atom. The van der Waals surface area contributed by atoms with Gasteiger partial charge in [-0.15, -0.1) is 0 Å². The van der Waals surface area contributed by atoms with Crippen LogP contribution in [0.3, 0.4) is 0 Å². The van der Waals surface area contributed by atoms with E-state index in [1.54, 1.807) is 0 Å². The highest BCUT2D eigenvalue weighted by molar-refractivity contribution is 5.81. The molecule has 3 nitrogen and oxygen atoms in total. The highest BCUT2D eigenvalue weighted by atomic mass is 15.3. The van der Waals surface area contributed by atoms with E-state index >= 15 is 0 Å². The summed E-state index contributed by atoms with van der Waals surface area (Å²) in [5.41, 5.74) is 0. The molecule has 1 aliphatic rings. The first-order valence-electron chi connectivity index (χ1n) is 3.90. The van der Waals surface area contributed by atoms with Crippen molar-refractivity contribution < 1.29 is 0 Å². The third-order valence-corrected chi connectivity index (χ3v) is 1.45. The molecule has 62 valence electrons. The highest BCUT2D eigenvalue weighted by Gasteiger charge is 2.06. The van der Waals surface area contributed by atoms with Crippen LogP contribution in [0.2, 0.25) is 0 Å². The second-order valence-electron chi connectivity index (χ2n) is 2.97. The lowest BCUT2D eigenvalue weighted by molar-refractivity contribution is 0.525. The molecule has 0 unspecified atom stereocenters. The van der Waals surface area contributed by atoms with E-state index in [-0.39, 0.29) is 0 Å². The average molecular weight is 153 g/mol. The van der Waals surface area contributed by atoms with Gasteiger partial charge in [0, 0.05) is 25.8 Å². The molecule has 1 N–H and O–H groups in total. The number of hydrogen-bond donors (Lipinski definition) is 1. The monoisotopic (exact) mass is 153 g/mol. The van der Waals surface area contributed by atoms with Gasteiger partial charge in [0.2, 0.25) is 0 Å². The molecule has 0 bridgehead atoms. The Hall–Kier alpha value is -0.990. The van der Waals surface area contributed by atoms with Crippen LogP contribution < -0.4 is 5.32 Å². The summed E-state index contributed by atoms with van der Waals surface area (Å²) in [5.74, 6) is 0.961. The van der Waals surface area contributed by atoms with E-state index in [1.807, 2.05) is 13.2 Å². The standard InChI is InChI=1S/C8H15N3/c1-7(2)10-8-9-5-4-6-11(8)3/h4-5,7H,6H2,1-3H3,(H,9,10). The predicted octanol–water partition coefficient (Wildman–Crippen LogP) is 0.800. The molecule has 0 aromatic carbocycles. The van der Waals surface area contributed by atoms with Crippen LogP contribution in [0.4, 0.5) is 0 Å². The quantitative estimate of drug-likeness (QED) is 0.603. The highest BCUT2D eigenvalue weighted by Crippen LogP contribution is 1.95. The molecule has 0 aromatic heterocycles. The molecule has 0 fully saturated rings. The molecule has 0 aromatic rings. The van der Waals surface area contributed by atoms with Gasteiger partial charge in [0.25, 0.3) is 0 Å². The molecule has 0 aliphatic carbocycles. The maximum atomic E-state index is 4.40. The molecule has 3 heteroatoms. The van der Waals surface area contributed by atoms with Crippen molar-refractivity contribution in [3.63, 3.8) is 0 Å². The van der Waals surface area contributed by atoms with Crippen molar-refractivity contribution in [2.45, 2.75) is 19.9 Å². The Morgan fingerprint density at radius 3 is 2.91 bits per heavy atom. The first-order valence-corrected chi connectivity index (χ1v) is 3.90. The van der Waals surface area contributed by atoms with Crippen molar-refractivity contribution in [3.8, 4) is 0 Å². The summed E-state index contributed by atoms with van der Waals surface area (Å²) in [4.78, 5) is 6.48. The van der Waals surface area contributed by atoms with Crippen molar-refractivity contribution in [1.29, 1.82) is 0 Å². The maximum Gasteiger partial charge on any atom is 0.198 e. The lowest BCUT2D eigenvalue weighted by Gasteiger charge is -2.23. The van der Waals surface area contributed by atoms with Gasteiger partial charge in [-0.3, -0.25) is 4.99 Å². The van der Waals surface area contributed by atoms with Crippen LogP contribution in [0.15, 0.2) is 17.3 Å². The Kier molecular flexibility index (Phi) is 2.52. The van der Waals surface area contributed by atoms with Crippen molar-refractivity contribution in [2.75, 3.05) is 13.6 Å². The average Bonchev–Trinajstić information content (AvgIpc) is 1.93. The zero-order valence-corrected chi connectivity index (χ0v) is 7.33. The summed E-state index contributed by atoms with van der Waals surface area (Å²) < 4.78 is 0. The molecule has 1 heterocycles. The number of likely N-dealkylation sites (N-methyl/N-ethyl adjacent to an activating group) is 1. The molecule has 0 amide bonds. The van der Waals surface area contributed by atoms with Crippen molar-refractivity contribution in [3.05, 3.63) is 12.3 Å². The molecule has 11 heavy (non-hydrogen) atoms. The SMILES string of the molecule is CC(C)N=C1NC=CCN1C. The minimum atomic E-state index is 0.353. The fourth-order valence-electron chi connectivity index (χ4n) is 0.921. The van der Waals surface area contributed by atoms with Crippen LogP contribution in [0.1, 0.15) is 13.8 Å². The molecule has 0 spiro atoms. The van der Waals surface area contributed by atoms with Crippen LogP contribution >= 0.6 is 0 Å². The fraction of sp³-hybridized carbons (Fsp3) is 0.625. The topological polar surface area (TPSA) is 27.6 Å². The molecule has 1 aliphatic heterocycles. The lowest BCUT2D eigenvalue weighted by Crippen LogP contribution is -2.40. The van der Waals surface area contributed by atoms with E-state index in [1.165, 1.54) is 0 Å². The number of hydrogen-bond acceptors (Lipinski definition) is 1. The molecule has 0 saturated heterocycles. The van der Waals surface area contributed by atoms with Gasteiger partial charge in [0.1, 0.15) is 0 Å². The minimum Gasteiger partial charge on any atom is -0.342 e. The summed E-state index contributed by atoms with van der Waals surface area (Å²) in [6.45, 7) is 5.08. The van der Waals surface area contributed by atoms with E-state index < -0.39 is 0 Å². The fourth-order valence-corrected chi connectivity index (χ4v) is 0.921. The van der Waals surface area contributed by atoms with Crippen LogP contribution in [0.25, 0.3) is 0 Å². The smallest absolute Gasteiger partial charge is 0.198 e. The Balaban J connectivity index is 2.63. The van der Waals surface area contributed by atoms with Crippen molar-refractivity contribution in [2.24, 2.45) is 4.99 Å². The Labute approximate surface area is 67.8 Å². The van der Waals surface area contributed by atoms with Crippen LogP contribution in [-0.2, 0) is 0 Å². The predicted molar refractivity (Wildman–Crippen MR) is 47.5 cm³/mol. The van der Waals surface area contributed by atoms with Gasteiger partial charge < -0.3 is 10.2 Å². The Bertz CT molecular complexity index is 182. The van der Waals surface area contributed by atoms with E-state index in [0.29, 0.717) is 6.04 Å². The first kappa shape index (κ1) is 8.11. The maximum absolute atomic E-state index is 4.40. The van der Waals surface area contributed by atoms with E-state index in [9.17, 15) is 0 Å².